The van der Waals surface area contributed by atoms with Crippen LogP contribution in [0.4, 0.5) is 0 Å². The van der Waals surface area contributed by atoms with Gasteiger partial charge in [0.05, 0.1) is 11.8 Å². The van der Waals surface area contributed by atoms with Crippen molar-refractivity contribution in [3.63, 3.8) is 0 Å². The molecule has 1 aromatic rings. The smallest absolute Gasteiger partial charge is 0.257 e. The third-order valence-electron chi connectivity index (χ3n) is 3.17. The number of amides is 2. The number of nitrogens with zero attached hydrogens (tertiary/aromatic N) is 1. The molecule has 1 aromatic heterocycles. The summed E-state index contributed by atoms with van der Waals surface area (Å²) < 4.78 is 4.94. The van der Waals surface area contributed by atoms with Crippen LogP contribution >= 0.6 is 0 Å². The second-order valence-corrected chi connectivity index (χ2v) is 4.84. The van der Waals surface area contributed by atoms with E-state index in [1.54, 1.807) is 11.0 Å². The van der Waals surface area contributed by atoms with E-state index < -0.39 is 0 Å². The lowest BCUT2D eigenvalue weighted by Crippen LogP contribution is -2.36. The zero-order valence-corrected chi connectivity index (χ0v) is 11.2. The van der Waals surface area contributed by atoms with Crippen LogP contribution in [0.1, 0.15) is 43.0 Å². The highest BCUT2D eigenvalue weighted by molar-refractivity contribution is 5.94. The quantitative estimate of drug-likeness (QED) is 0.816. The van der Waals surface area contributed by atoms with Crippen LogP contribution in [0, 0.1) is 0 Å². The van der Waals surface area contributed by atoms with Gasteiger partial charge in [-0.1, -0.05) is 6.92 Å². The van der Waals surface area contributed by atoms with E-state index in [0.717, 1.165) is 19.3 Å². The summed E-state index contributed by atoms with van der Waals surface area (Å²) in [6.45, 7) is 3.18. The average molecular weight is 264 g/mol. The van der Waals surface area contributed by atoms with Crippen molar-refractivity contribution < 1.29 is 14.0 Å². The van der Waals surface area contributed by atoms with E-state index in [-0.39, 0.29) is 11.8 Å². The van der Waals surface area contributed by atoms with Gasteiger partial charge in [-0.15, -0.1) is 0 Å². The number of rotatable bonds is 7. The van der Waals surface area contributed by atoms with E-state index in [0.29, 0.717) is 31.1 Å². The van der Waals surface area contributed by atoms with Crippen LogP contribution in [-0.4, -0.2) is 35.8 Å². The molecule has 1 aliphatic rings. The maximum Gasteiger partial charge on any atom is 0.257 e. The van der Waals surface area contributed by atoms with Crippen LogP contribution in [0.15, 0.2) is 23.0 Å². The fourth-order valence-corrected chi connectivity index (χ4v) is 1.96. The molecule has 0 aliphatic heterocycles. The Hall–Kier alpha value is -1.78. The molecule has 0 bridgehead atoms. The lowest BCUT2D eigenvalue weighted by molar-refractivity contribution is -0.121. The molecule has 2 rings (SSSR count). The molecule has 0 spiro atoms. The molecule has 0 radical (unpaired) electrons. The molecule has 0 unspecified atom stereocenters. The second kappa shape index (κ2) is 6.41. The summed E-state index contributed by atoms with van der Waals surface area (Å²) in [5.74, 6) is -0.0352. The summed E-state index contributed by atoms with van der Waals surface area (Å²) in [7, 11) is 0. The maximum atomic E-state index is 12.2. The zero-order valence-electron chi connectivity index (χ0n) is 11.2. The van der Waals surface area contributed by atoms with Gasteiger partial charge >= 0.3 is 0 Å². The predicted molar refractivity (Wildman–Crippen MR) is 70.7 cm³/mol. The minimum atomic E-state index is -0.0421. The normalized spacial score (nSPS) is 14.2. The van der Waals surface area contributed by atoms with Gasteiger partial charge in [-0.3, -0.25) is 9.59 Å². The van der Waals surface area contributed by atoms with Crippen LogP contribution in [-0.2, 0) is 4.79 Å². The van der Waals surface area contributed by atoms with E-state index in [1.807, 2.05) is 6.92 Å². The van der Waals surface area contributed by atoms with Crippen molar-refractivity contribution in [1.29, 1.82) is 0 Å². The van der Waals surface area contributed by atoms with E-state index in [4.69, 9.17) is 4.42 Å². The van der Waals surface area contributed by atoms with Crippen LogP contribution in [0.3, 0.4) is 0 Å². The molecule has 0 atom stereocenters. The maximum absolute atomic E-state index is 12.2. The van der Waals surface area contributed by atoms with Gasteiger partial charge in [0.25, 0.3) is 5.91 Å². The number of carbonyl (C=O) groups excluding carboxylic acids is 2. The number of hydrogen-bond donors (Lipinski definition) is 1. The molecule has 0 aromatic carbocycles. The summed E-state index contributed by atoms with van der Waals surface area (Å²) >= 11 is 0. The fraction of sp³-hybridized carbons (Fsp3) is 0.571. The first kappa shape index (κ1) is 13.6. The fourth-order valence-electron chi connectivity index (χ4n) is 1.96. The van der Waals surface area contributed by atoms with Crippen molar-refractivity contribution in [2.75, 3.05) is 13.1 Å². The van der Waals surface area contributed by atoms with Crippen molar-refractivity contribution in [2.24, 2.45) is 0 Å². The summed E-state index contributed by atoms with van der Waals surface area (Å²) in [5.41, 5.74) is 0.556. The number of nitrogens with one attached hydrogen (secondary N) is 1. The highest BCUT2D eigenvalue weighted by atomic mass is 16.3. The van der Waals surface area contributed by atoms with Crippen LogP contribution in [0.25, 0.3) is 0 Å². The largest absolute Gasteiger partial charge is 0.472 e. The molecule has 104 valence electrons. The van der Waals surface area contributed by atoms with Gasteiger partial charge in [-0.2, -0.15) is 0 Å². The Morgan fingerprint density at radius 2 is 2.26 bits per heavy atom. The first-order chi connectivity index (χ1) is 9.22. The van der Waals surface area contributed by atoms with E-state index in [9.17, 15) is 9.59 Å². The Kier molecular flexibility index (Phi) is 4.60. The summed E-state index contributed by atoms with van der Waals surface area (Å²) in [4.78, 5) is 25.6. The monoisotopic (exact) mass is 264 g/mol. The first-order valence-corrected chi connectivity index (χ1v) is 6.82. The number of furan rings is 1. The molecule has 1 saturated carbocycles. The molecule has 1 fully saturated rings. The van der Waals surface area contributed by atoms with E-state index in [1.165, 1.54) is 12.5 Å². The Labute approximate surface area is 113 Å². The lowest BCUT2D eigenvalue weighted by Gasteiger charge is -2.21. The van der Waals surface area contributed by atoms with E-state index in [2.05, 4.69) is 5.32 Å². The summed E-state index contributed by atoms with van der Waals surface area (Å²) in [6, 6.07) is 1.95. The van der Waals surface area contributed by atoms with Gasteiger partial charge in [0.15, 0.2) is 0 Å². The van der Waals surface area contributed by atoms with Gasteiger partial charge in [0, 0.05) is 25.6 Å². The van der Waals surface area contributed by atoms with Gasteiger partial charge in [0.1, 0.15) is 6.26 Å². The van der Waals surface area contributed by atoms with Gasteiger partial charge in [0.2, 0.25) is 5.91 Å². The standard InChI is InChI=1S/C14H20N2O3/c1-2-7-15-13(17)5-8-16(12-3-4-12)14(18)11-6-9-19-10-11/h6,9-10,12H,2-5,7-8H2,1H3,(H,15,17). The van der Waals surface area contributed by atoms with Gasteiger partial charge in [-0.25, -0.2) is 0 Å². The molecular formula is C14H20N2O3. The van der Waals surface area contributed by atoms with Gasteiger partial charge < -0.3 is 14.6 Å². The van der Waals surface area contributed by atoms with Crippen LogP contribution < -0.4 is 5.32 Å². The molecule has 5 heteroatoms. The molecule has 1 heterocycles. The zero-order chi connectivity index (χ0) is 13.7. The van der Waals surface area contributed by atoms with Crippen molar-refractivity contribution in [3.8, 4) is 0 Å². The summed E-state index contributed by atoms with van der Waals surface area (Å²) in [5, 5.41) is 2.83. The Morgan fingerprint density at radius 3 is 2.84 bits per heavy atom. The van der Waals surface area contributed by atoms with Crippen molar-refractivity contribution in [3.05, 3.63) is 24.2 Å². The molecular weight excluding hydrogens is 244 g/mol. The molecule has 19 heavy (non-hydrogen) atoms. The first-order valence-electron chi connectivity index (χ1n) is 6.82. The van der Waals surface area contributed by atoms with Gasteiger partial charge in [-0.05, 0) is 25.3 Å². The third-order valence-corrected chi connectivity index (χ3v) is 3.17. The van der Waals surface area contributed by atoms with E-state index >= 15 is 0 Å². The molecule has 0 saturated heterocycles. The minimum Gasteiger partial charge on any atom is -0.472 e. The number of hydrogen-bond acceptors (Lipinski definition) is 3. The highest BCUT2D eigenvalue weighted by Gasteiger charge is 2.33. The SMILES string of the molecule is CCCNC(=O)CCN(C(=O)c1ccoc1)C1CC1. The topological polar surface area (TPSA) is 62.6 Å². The Balaban J connectivity index is 1.87. The van der Waals surface area contributed by atoms with Crippen LogP contribution in [0.5, 0.6) is 0 Å². The second-order valence-electron chi connectivity index (χ2n) is 4.84. The molecule has 2 amide bonds. The predicted octanol–water partition coefficient (Wildman–Crippen LogP) is 1.80. The Bertz CT molecular complexity index is 424. The molecule has 1 N–H and O–H groups in total. The van der Waals surface area contributed by atoms with Crippen molar-refractivity contribution >= 4 is 11.8 Å². The molecule has 1 aliphatic carbocycles. The highest BCUT2D eigenvalue weighted by Crippen LogP contribution is 2.28. The lowest BCUT2D eigenvalue weighted by atomic mass is 10.2. The minimum absolute atomic E-state index is 0.00694. The van der Waals surface area contributed by atoms with Crippen molar-refractivity contribution in [1.82, 2.24) is 10.2 Å². The van der Waals surface area contributed by atoms with Crippen LogP contribution in [0.2, 0.25) is 0 Å². The summed E-state index contributed by atoms with van der Waals surface area (Å²) in [6.07, 6.45) is 6.29. The number of carbonyl (C=O) groups is 2. The Morgan fingerprint density at radius 1 is 1.47 bits per heavy atom. The van der Waals surface area contributed by atoms with Crippen molar-refractivity contribution in [2.45, 2.75) is 38.6 Å². The molecule has 5 nitrogen and oxygen atoms in total. The third kappa shape index (κ3) is 3.84. The average Bonchev–Trinajstić information content (AvgIpc) is 3.09.